The number of nitrogens with zero attached hydrogens (tertiary/aromatic N) is 4. The first-order chi connectivity index (χ1) is 8.06. The van der Waals surface area contributed by atoms with Crippen LogP contribution >= 0.6 is 23.2 Å². The van der Waals surface area contributed by atoms with Crippen LogP contribution in [0.3, 0.4) is 0 Å². The van der Waals surface area contributed by atoms with Crippen LogP contribution < -0.4 is 5.32 Å². The van der Waals surface area contributed by atoms with Gasteiger partial charge in [-0.1, -0.05) is 11.6 Å². The molecule has 1 aromatic heterocycles. The van der Waals surface area contributed by atoms with Crippen molar-refractivity contribution in [1.29, 1.82) is 0 Å². The molecular weight excluding hydrogens is 261 g/mol. The normalized spacial score (nSPS) is 25.9. The molecule has 94 valence electrons. The minimum Gasteiger partial charge on any atom is -0.365 e. The molecule has 0 aromatic carbocycles. The zero-order valence-corrected chi connectivity index (χ0v) is 11.3. The molecule has 0 spiro atoms. The van der Waals surface area contributed by atoms with Gasteiger partial charge in [0.25, 0.3) is 0 Å². The van der Waals surface area contributed by atoms with Crippen molar-refractivity contribution >= 4 is 29.0 Å². The summed E-state index contributed by atoms with van der Waals surface area (Å²) in [5, 5.41) is 11.0. The highest BCUT2D eigenvalue weighted by Gasteiger charge is 2.23. The van der Waals surface area contributed by atoms with Gasteiger partial charge in [-0.3, -0.25) is 0 Å². The van der Waals surface area contributed by atoms with Crippen molar-refractivity contribution in [2.75, 3.05) is 18.9 Å². The van der Waals surface area contributed by atoms with Gasteiger partial charge in [0, 0.05) is 18.6 Å². The number of hydrogen-bond donors (Lipinski definition) is 1. The largest absolute Gasteiger partial charge is 0.365 e. The van der Waals surface area contributed by atoms with E-state index in [4.69, 9.17) is 23.2 Å². The highest BCUT2D eigenvalue weighted by molar-refractivity contribution is 6.32. The number of nitrogens with one attached hydrogen (secondary N) is 1. The third kappa shape index (κ3) is 3.18. The SMILES string of the molecule is CC1CC(Nc2nc(Cl)nnc2Cl)CCN1C. The van der Waals surface area contributed by atoms with Crippen LogP contribution in [0.4, 0.5) is 5.82 Å². The molecular formula is C10H15Cl2N5. The zero-order chi connectivity index (χ0) is 12.4. The first kappa shape index (κ1) is 12.8. The molecule has 2 rings (SSSR count). The van der Waals surface area contributed by atoms with E-state index < -0.39 is 0 Å². The molecule has 0 saturated carbocycles. The van der Waals surface area contributed by atoms with Crippen LogP contribution in [0.2, 0.25) is 10.4 Å². The third-order valence-corrected chi connectivity index (χ3v) is 3.58. The fourth-order valence-electron chi connectivity index (χ4n) is 2.00. The molecule has 1 aliphatic heterocycles. The highest BCUT2D eigenvalue weighted by Crippen LogP contribution is 2.22. The lowest BCUT2D eigenvalue weighted by molar-refractivity contribution is 0.190. The second-order valence-corrected chi connectivity index (χ2v) is 5.11. The number of piperidine rings is 1. The number of halogens is 2. The predicted octanol–water partition coefficient (Wildman–Crippen LogP) is 2.07. The molecule has 1 fully saturated rings. The maximum Gasteiger partial charge on any atom is 0.245 e. The van der Waals surface area contributed by atoms with Gasteiger partial charge in [-0.15, -0.1) is 10.2 Å². The molecule has 2 atom stereocenters. The van der Waals surface area contributed by atoms with Crippen molar-refractivity contribution in [1.82, 2.24) is 20.1 Å². The van der Waals surface area contributed by atoms with Crippen molar-refractivity contribution in [2.45, 2.75) is 31.8 Å². The number of anilines is 1. The number of aromatic nitrogens is 3. The van der Waals surface area contributed by atoms with Gasteiger partial charge in [0.2, 0.25) is 5.28 Å². The highest BCUT2D eigenvalue weighted by atomic mass is 35.5. The first-order valence-electron chi connectivity index (χ1n) is 5.58. The summed E-state index contributed by atoms with van der Waals surface area (Å²) in [6, 6.07) is 0.900. The van der Waals surface area contributed by atoms with Crippen LogP contribution in [-0.4, -0.2) is 45.8 Å². The van der Waals surface area contributed by atoms with E-state index in [9.17, 15) is 0 Å². The second-order valence-electron chi connectivity index (χ2n) is 4.42. The molecule has 1 saturated heterocycles. The summed E-state index contributed by atoms with van der Waals surface area (Å²) in [7, 11) is 2.14. The Morgan fingerprint density at radius 3 is 2.82 bits per heavy atom. The van der Waals surface area contributed by atoms with Crippen molar-refractivity contribution in [3.63, 3.8) is 0 Å². The Bertz CT molecular complexity index is 400. The van der Waals surface area contributed by atoms with E-state index >= 15 is 0 Å². The number of hydrogen-bond acceptors (Lipinski definition) is 5. The van der Waals surface area contributed by atoms with Gasteiger partial charge < -0.3 is 10.2 Å². The molecule has 1 aliphatic rings. The molecule has 7 heteroatoms. The Hall–Kier alpha value is -0.650. The molecule has 2 unspecified atom stereocenters. The first-order valence-corrected chi connectivity index (χ1v) is 6.34. The zero-order valence-electron chi connectivity index (χ0n) is 9.82. The summed E-state index contributed by atoms with van der Waals surface area (Å²) < 4.78 is 0. The minimum atomic E-state index is 0.109. The lowest BCUT2D eigenvalue weighted by Gasteiger charge is -2.35. The van der Waals surface area contributed by atoms with Crippen molar-refractivity contribution in [2.24, 2.45) is 0 Å². The van der Waals surface area contributed by atoms with Gasteiger partial charge in [-0.05, 0) is 38.4 Å². The Balaban J connectivity index is 2.03. The smallest absolute Gasteiger partial charge is 0.245 e. The predicted molar refractivity (Wildman–Crippen MR) is 68.6 cm³/mol. The van der Waals surface area contributed by atoms with E-state index in [-0.39, 0.29) is 10.4 Å². The molecule has 1 N–H and O–H groups in total. The van der Waals surface area contributed by atoms with E-state index in [0.717, 1.165) is 19.4 Å². The molecule has 0 amide bonds. The van der Waals surface area contributed by atoms with Crippen molar-refractivity contribution in [3.05, 3.63) is 10.4 Å². The quantitative estimate of drug-likeness (QED) is 0.896. The Kier molecular flexibility index (Phi) is 4.01. The van der Waals surface area contributed by atoms with Gasteiger partial charge >= 0.3 is 0 Å². The summed E-state index contributed by atoms with van der Waals surface area (Å²) in [5.74, 6) is 0.522. The van der Waals surface area contributed by atoms with E-state index in [1.54, 1.807) is 0 Å². The summed E-state index contributed by atoms with van der Waals surface area (Å²) in [6.45, 7) is 3.27. The topological polar surface area (TPSA) is 53.9 Å². The summed E-state index contributed by atoms with van der Waals surface area (Å²) >= 11 is 11.6. The summed E-state index contributed by atoms with van der Waals surface area (Å²) in [4.78, 5) is 6.38. The lowest BCUT2D eigenvalue weighted by atomic mass is 9.99. The molecule has 0 aliphatic carbocycles. The summed E-state index contributed by atoms with van der Waals surface area (Å²) in [5.41, 5.74) is 0. The van der Waals surface area contributed by atoms with E-state index in [2.05, 4.69) is 39.4 Å². The molecule has 5 nitrogen and oxygen atoms in total. The molecule has 1 aromatic rings. The lowest BCUT2D eigenvalue weighted by Crippen LogP contribution is -2.42. The monoisotopic (exact) mass is 275 g/mol. The molecule has 17 heavy (non-hydrogen) atoms. The Labute approximate surface area is 111 Å². The maximum absolute atomic E-state index is 5.91. The fourth-order valence-corrected chi connectivity index (χ4v) is 2.26. The third-order valence-electron chi connectivity index (χ3n) is 3.17. The van der Waals surface area contributed by atoms with Crippen LogP contribution in [0.25, 0.3) is 0 Å². The average molecular weight is 276 g/mol. The summed E-state index contributed by atoms with van der Waals surface area (Å²) in [6.07, 6.45) is 2.10. The van der Waals surface area contributed by atoms with Crippen LogP contribution in [0.15, 0.2) is 0 Å². The van der Waals surface area contributed by atoms with Gasteiger partial charge in [0.15, 0.2) is 11.0 Å². The standard InChI is InChI=1S/C10H15Cl2N5/c1-6-5-7(3-4-17(6)2)13-9-8(11)15-16-10(12)14-9/h6-7H,3-5H2,1-2H3,(H,13,14,16). The average Bonchev–Trinajstić information content (AvgIpc) is 2.29. The number of rotatable bonds is 2. The molecule has 2 heterocycles. The van der Waals surface area contributed by atoms with Gasteiger partial charge in [0.1, 0.15) is 0 Å². The van der Waals surface area contributed by atoms with E-state index in [0.29, 0.717) is 17.9 Å². The number of likely N-dealkylation sites (tertiary alicyclic amines) is 1. The van der Waals surface area contributed by atoms with Crippen molar-refractivity contribution < 1.29 is 0 Å². The minimum absolute atomic E-state index is 0.109. The molecule has 0 radical (unpaired) electrons. The second kappa shape index (κ2) is 5.33. The van der Waals surface area contributed by atoms with Gasteiger partial charge in [-0.2, -0.15) is 4.98 Å². The van der Waals surface area contributed by atoms with E-state index in [1.807, 2.05) is 0 Å². The van der Waals surface area contributed by atoms with Crippen LogP contribution in [0.5, 0.6) is 0 Å². The molecule has 0 bridgehead atoms. The Morgan fingerprint density at radius 2 is 2.12 bits per heavy atom. The van der Waals surface area contributed by atoms with Crippen LogP contribution in [-0.2, 0) is 0 Å². The Morgan fingerprint density at radius 1 is 1.35 bits per heavy atom. The van der Waals surface area contributed by atoms with E-state index in [1.165, 1.54) is 0 Å². The van der Waals surface area contributed by atoms with Gasteiger partial charge in [0.05, 0.1) is 0 Å². The fraction of sp³-hybridized carbons (Fsp3) is 0.700. The van der Waals surface area contributed by atoms with Crippen LogP contribution in [0.1, 0.15) is 19.8 Å². The van der Waals surface area contributed by atoms with Crippen molar-refractivity contribution in [3.8, 4) is 0 Å². The van der Waals surface area contributed by atoms with Gasteiger partial charge in [-0.25, -0.2) is 0 Å². The van der Waals surface area contributed by atoms with Crippen LogP contribution in [0, 0.1) is 0 Å². The maximum atomic E-state index is 5.91.